The molecule has 4 nitrogen and oxygen atoms in total. The van der Waals surface area contributed by atoms with Gasteiger partial charge < -0.3 is 19.7 Å². The minimum atomic E-state index is -1.60. The predicted octanol–water partition coefficient (Wildman–Crippen LogP) is -1.20. The lowest BCUT2D eigenvalue weighted by molar-refractivity contribution is -0.324. The lowest BCUT2D eigenvalue weighted by Crippen LogP contribution is -2.63. The molecule has 1 unspecified atom stereocenters. The fourth-order valence-corrected chi connectivity index (χ4v) is 1.41. The molecule has 0 radical (unpaired) electrons. The van der Waals surface area contributed by atoms with Gasteiger partial charge in [-0.3, -0.25) is 0 Å². The summed E-state index contributed by atoms with van der Waals surface area (Å²) in [5.41, 5.74) is 0. The summed E-state index contributed by atoms with van der Waals surface area (Å²) >= 11 is 0. The van der Waals surface area contributed by atoms with Crippen LogP contribution in [-0.4, -0.2) is 47.6 Å². The summed E-state index contributed by atoms with van der Waals surface area (Å²) in [4.78, 5) is 0. The predicted molar refractivity (Wildman–Crippen MR) is 31.5 cm³/mol. The summed E-state index contributed by atoms with van der Waals surface area (Å²) in [5.74, 6) is 0. The normalized spacial score (nSPS) is 56.5. The molecule has 2 bridgehead atoms. The van der Waals surface area contributed by atoms with Gasteiger partial charge in [-0.2, -0.15) is 0 Å². The molecule has 3 aliphatic rings. The maximum absolute atomic E-state index is 12.7. The molecule has 0 saturated carbocycles. The first-order valence-corrected chi connectivity index (χ1v) is 3.47. The molecule has 0 aliphatic carbocycles. The molecule has 64 valence electrons. The molecule has 3 saturated heterocycles. The molecule has 5 atom stereocenters. The fraction of sp³-hybridized carbons (Fsp3) is 1.00. The van der Waals surface area contributed by atoms with E-state index in [-0.39, 0.29) is 6.61 Å². The zero-order chi connectivity index (χ0) is 8.01. The van der Waals surface area contributed by atoms with Gasteiger partial charge in [0, 0.05) is 0 Å². The standard InChI is InChI=1S/C6H9FO4/c7-6-5-4(9)3(8)2(11-6)1-10-5/h2-6,8-9H,1H2/t2-,3-,4+,5+,6?/m1/s1. The SMILES string of the molecule is O[C@H]1[C@H](O)[C@H]2CO[C@@H]1C(F)O2. The van der Waals surface area contributed by atoms with E-state index in [1.54, 1.807) is 0 Å². The first-order chi connectivity index (χ1) is 5.20. The molecule has 0 spiro atoms. The molecule has 3 fully saturated rings. The Balaban J connectivity index is 2.16. The van der Waals surface area contributed by atoms with Gasteiger partial charge in [0.1, 0.15) is 24.4 Å². The van der Waals surface area contributed by atoms with Gasteiger partial charge in [-0.05, 0) is 0 Å². The van der Waals surface area contributed by atoms with E-state index in [0.717, 1.165) is 0 Å². The average Bonchev–Trinajstić information content (AvgIpc) is 1.99. The summed E-state index contributed by atoms with van der Waals surface area (Å²) in [6, 6.07) is 0. The second kappa shape index (κ2) is 2.38. The third kappa shape index (κ3) is 0.961. The van der Waals surface area contributed by atoms with Crippen LogP contribution in [0.5, 0.6) is 0 Å². The van der Waals surface area contributed by atoms with Crippen LogP contribution in [0.4, 0.5) is 4.39 Å². The number of aliphatic hydroxyl groups excluding tert-OH is 2. The van der Waals surface area contributed by atoms with Crippen molar-refractivity contribution in [2.24, 2.45) is 0 Å². The topological polar surface area (TPSA) is 58.9 Å². The summed E-state index contributed by atoms with van der Waals surface area (Å²) in [6.45, 7) is 0.156. The lowest BCUT2D eigenvalue weighted by atomic mass is 9.97. The van der Waals surface area contributed by atoms with E-state index in [0.29, 0.717) is 0 Å². The van der Waals surface area contributed by atoms with Crippen LogP contribution in [0.25, 0.3) is 0 Å². The van der Waals surface area contributed by atoms with Crippen molar-refractivity contribution in [3.63, 3.8) is 0 Å². The Hall–Kier alpha value is -0.230. The highest BCUT2D eigenvalue weighted by molar-refractivity contribution is 4.93. The van der Waals surface area contributed by atoms with Crippen molar-refractivity contribution in [1.82, 2.24) is 0 Å². The van der Waals surface area contributed by atoms with Crippen molar-refractivity contribution in [2.45, 2.75) is 30.8 Å². The van der Waals surface area contributed by atoms with E-state index in [4.69, 9.17) is 14.9 Å². The smallest absolute Gasteiger partial charge is 0.228 e. The highest BCUT2D eigenvalue weighted by atomic mass is 19.1. The van der Waals surface area contributed by atoms with E-state index in [1.165, 1.54) is 0 Å². The van der Waals surface area contributed by atoms with E-state index in [9.17, 15) is 4.39 Å². The first kappa shape index (κ1) is 7.42. The second-order valence-corrected chi connectivity index (χ2v) is 2.80. The van der Waals surface area contributed by atoms with Crippen molar-refractivity contribution in [2.75, 3.05) is 6.61 Å². The summed E-state index contributed by atoms with van der Waals surface area (Å²) < 4.78 is 22.2. The zero-order valence-corrected chi connectivity index (χ0v) is 5.68. The van der Waals surface area contributed by atoms with Crippen LogP contribution >= 0.6 is 0 Å². The number of fused-ring (bicyclic) bond motifs is 3. The Bertz CT molecular complexity index is 163. The van der Waals surface area contributed by atoms with Crippen molar-refractivity contribution in [3.05, 3.63) is 0 Å². The third-order valence-electron chi connectivity index (χ3n) is 2.08. The molecular formula is C6H9FO4. The molecule has 0 aromatic carbocycles. The maximum atomic E-state index is 12.7. The average molecular weight is 164 g/mol. The summed E-state index contributed by atoms with van der Waals surface area (Å²) in [7, 11) is 0. The van der Waals surface area contributed by atoms with Gasteiger partial charge in [0.05, 0.1) is 6.61 Å². The van der Waals surface area contributed by atoms with Gasteiger partial charge in [0.15, 0.2) is 0 Å². The number of alkyl halides is 1. The Morgan fingerprint density at radius 2 is 2.00 bits per heavy atom. The maximum Gasteiger partial charge on any atom is 0.228 e. The third-order valence-corrected chi connectivity index (χ3v) is 2.08. The Morgan fingerprint density at radius 3 is 2.45 bits per heavy atom. The van der Waals surface area contributed by atoms with Gasteiger partial charge in [-0.15, -0.1) is 0 Å². The van der Waals surface area contributed by atoms with Gasteiger partial charge >= 0.3 is 0 Å². The molecule has 3 heterocycles. The molecule has 3 aliphatic heterocycles. The molecule has 3 rings (SSSR count). The number of hydrogen-bond acceptors (Lipinski definition) is 4. The quantitative estimate of drug-likeness (QED) is 0.472. The van der Waals surface area contributed by atoms with Crippen LogP contribution in [-0.2, 0) is 9.47 Å². The van der Waals surface area contributed by atoms with Crippen molar-refractivity contribution < 1.29 is 24.1 Å². The molecular weight excluding hydrogens is 155 g/mol. The number of hydrogen-bond donors (Lipinski definition) is 2. The number of aliphatic hydroxyl groups is 2. The molecule has 0 aromatic rings. The minimum Gasteiger partial charge on any atom is -0.387 e. The van der Waals surface area contributed by atoms with Crippen LogP contribution < -0.4 is 0 Å². The van der Waals surface area contributed by atoms with Crippen molar-refractivity contribution >= 4 is 0 Å². The monoisotopic (exact) mass is 164 g/mol. The number of rotatable bonds is 0. The van der Waals surface area contributed by atoms with Crippen LogP contribution in [0.1, 0.15) is 0 Å². The van der Waals surface area contributed by atoms with Crippen LogP contribution in [0.3, 0.4) is 0 Å². The van der Waals surface area contributed by atoms with Crippen LogP contribution in [0, 0.1) is 0 Å². The molecule has 5 heteroatoms. The van der Waals surface area contributed by atoms with Gasteiger partial charge in [0.25, 0.3) is 0 Å². The Labute approximate surface area is 62.5 Å². The molecule has 0 aromatic heterocycles. The summed E-state index contributed by atoms with van der Waals surface area (Å²) in [5, 5.41) is 18.3. The largest absolute Gasteiger partial charge is 0.387 e. The number of halogens is 1. The van der Waals surface area contributed by atoms with Crippen LogP contribution in [0.15, 0.2) is 0 Å². The second-order valence-electron chi connectivity index (χ2n) is 2.80. The van der Waals surface area contributed by atoms with E-state index < -0.39 is 30.8 Å². The van der Waals surface area contributed by atoms with Gasteiger partial charge in [0.2, 0.25) is 6.36 Å². The molecule has 11 heavy (non-hydrogen) atoms. The van der Waals surface area contributed by atoms with Crippen LogP contribution in [0.2, 0.25) is 0 Å². The van der Waals surface area contributed by atoms with Crippen molar-refractivity contribution in [1.29, 1.82) is 0 Å². The van der Waals surface area contributed by atoms with E-state index >= 15 is 0 Å². The van der Waals surface area contributed by atoms with Gasteiger partial charge in [-0.25, -0.2) is 4.39 Å². The molecule has 0 amide bonds. The van der Waals surface area contributed by atoms with E-state index in [1.807, 2.05) is 0 Å². The van der Waals surface area contributed by atoms with E-state index in [2.05, 4.69) is 4.74 Å². The fourth-order valence-electron chi connectivity index (χ4n) is 1.41. The zero-order valence-electron chi connectivity index (χ0n) is 5.68. The lowest BCUT2D eigenvalue weighted by Gasteiger charge is -2.44. The molecule has 2 N–H and O–H groups in total. The highest BCUT2D eigenvalue weighted by Gasteiger charge is 2.50. The summed E-state index contributed by atoms with van der Waals surface area (Å²) in [6.07, 6.45) is -5.51. The van der Waals surface area contributed by atoms with Gasteiger partial charge in [-0.1, -0.05) is 0 Å². The Morgan fingerprint density at radius 1 is 1.27 bits per heavy atom. The highest BCUT2D eigenvalue weighted by Crippen LogP contribution is 2.29. The number of ether oxygens (including phenoxy) is 2. The first-order valence-electron chi connectivity index (χ1n) is 3.47. The minimum absolute atomic E-state index is 0.156. The van der Waals surface area contributed by atoms with Crippen molar-refractivity contribution in [3.8, 4) is 0 Å². The Kier molecular flexibility index (Phi) is 1.61.